The first-order valence-electron chi connectivity index (χ1n) is 4.76. The lowest BCUT2D eigenvalue weighted by atomic mass is 10.1. The highest BCUT2D eigenvalue weighted by Gasteiger charge is 2.30. The molecule has 1 aromatic carbocycles. The average Bonchev–Trinajstić information content (AvgIpc) is 2.27. The number of nitrogens with one attached hydrogen (secondary N) is 1. The lowest BCUT2D eigenvalue weighted by Gasteiger charge is -2.07. The number of amides is 1. The minimum atomic E-state index is -4.39. The van der Waals surface area contributed by atoms with Gasteiger partial charge in [-0.05, 0) is 31.2 Å². The summed E-state index contributed by atoms with van der Waals surface area (Å²) in [4.78, 5) is 15.2. The van der Waals surface area contributed by atoms with Gasteiger partial charge in [0.2, 0.25) is 0 Å². The van der Waals surface area contributed by atoms with Crippen LogP contribution < -0.4 is 5.32 Å². The van der Waals surface area contributed by atoms with Crippen LogP contribution in [0.3, 0.4) is 0 Å². The maximum absolute atomic E-state index is 12.3. The van der Waals surface area contributed by atoms with Crippen molar-refractivity contribution in [3.8, 4) is 0 Å². The number of halogens is 3. The normalized spacial score (nSPS) is 12.4. The van der Waals surface area contributed by atoms with Crippen molar-refractivity contribution in [2.45, 2.75) is 13.1 Å². The largest absolute Gasteiger partial charge is 0.416 e. The molecule has 1 amide bonds. The van der Waals surface area contributed by atoms with Crippen LogP contribution in [0.2, 0.25) is 0 Å². The smallest absolute Gasteiger partial charge is 0.311 e. The molecular formula is C11H11F3N2O. The molecule has 0 aromatic heterocycles. The molecule has 0 radical (unpaired) electrons. The molecule has 0 heterocycles. The van der Waals surface area contributed by atoms with Gasteiger partial charge in [-0.15, -0.1) is 0 Å². The highest BCUT2D eigenvalue weighted by Crippen LogP contribution is 2.28. The molecule has 0 bridgehead atoms. The third-order valence-corrected chi connectivity index (χ3v) is 2.10. The Kier molecular flexibility index (Phi) is 3.88. The number of aliphatic imine (C=N–C) groups is 1. The van der Waals surface area contributed by atoms with E-state index < -0.39 is 17.6 Å². The number of rotatable bonds is 1. The van der Waals surface area contributed by atoms with E-state index in [-0.39, 0.29) is 5.56 Å². The van der Waals surface area contributed by atoms with Crippen LogP contribution in [-0.4, -0.2) is 18.8 Å². The summed E-state index contributed by atoms with van der Waals surface area (Å²) >= 11 is 0. The summed E-state index contributed by atoms with van der Waals surface area (Å²) in [5.41, 5.74) is -0.629. The van der Waals surface area contributed by atoms with E-state index in [4.69, 9.17) is 0 Å². The summed E-state index contributed by atoms with van der Waals surface area (Å²) in [6.45, 7) is 1.59. The van der Waals surface area contributed by atoms with Crippen LogP contribution in [0.15, 0.2) is 29.3 Å². The van der Waals surface area contributed by atoms with Crippen molar-refractivity contribution in [3.05, 3.63) is 35.4 Å². The van der Waals surface area contributed by atoms with Crippen molar-refractivity contribution in [1.82, 2.24) is 5.32 Å². The first-order chi connectivity index (χ1) is 7.84. The van der Waals surface area contributed by atoms with Crippen molar-refractivity contribution in [2.24, 2.45) is 4.99 Å². The van der Waals surface area contributed by atoms with Crippen molar-refractivity contribution < 1.29 is 18.0 Å². The Labute approximate surface area is 96.4 Å². The molecule has 0 aliphatic heterocycles. The minimum absolute atomic E-state index is 0.154. The summed E-state index contributed by atoms with van der Waals surface area (Å²) in [5.74, 6) is -0.0864. The van der Waals surface area contributed by atoms with E-state index in [0.717, 1.165) is 24.3 Å². The van der Waals surface area contributed by atoms with Crippen molar-refractivity contribution >= 4 is 11.7 Å². The topological polar surface area (TPSA) is 41.5 Å². The van der Waals surface area contributed by atoms with Gasteiger partial charge in [-0.25, -0.2) is 0 Å². The Balaban J connectivity index is 2.85. The zero-order valence-corrected chi connectivity index (χ0v) is 9.30. The molecule has 6 heteroatoms. The Morgan fingerprint density at radius 1 is 1.24 bits per heavy atom. The molecular weight excluding hydrogens is 233 g/mol. The maximum atomic E-state index is 12.3. The second kappa shape index (κ2) is 4.99. The Bertz CT molecular complexity index is 435. The fraction of sp³-hybridized carbons (Fsp3) is 0.273. The highest BCUT2D eigenvalue weighted by atomic mass is 19.4. The summed E-state index contributed by atoms with van der Waals surface area (Å²) in [6, 6.07) is 3.99. The Morgan fingerprint density at radius 2 is 1.76 bits per heavy atom. The first-order valence-corrected chi connectivity index (χ1v) is 4.76. The lowest BCUT2D eigenvalue weighted by molar-refractivity contribution is -0.137. The molecule has 1 rings (SSSR count). The first kappa shape index (κ1) is 13.2. The number of carbonyl (C=O) groups excluding carboxylic acids is 1. The fourth-order valence-electron chi connectivity index (χ4n) is 1.10. The van der Waals surface area contributed by atoms with E-state index >= 15 is 0 Å². The molecule has 0 aliphatic rings. The summed E-state index contributed by atoms with van der Waals surface area (Å²) in [6.07, 6.45) is -4.39. The van der Waals surface area contributed by atoms with E-state index in [1.807, 2.05) is 0 Å². The van der Waals surface area contributed by atoms with E-state index in [1.54, 1.807) is 6.92 Å². The molecule has 0 spiro atoms. The van der Waals surface area contributed by atoms with Gasteiger partial charge in [0, 0.05) is 12.6 Å². The molecule has 3 nitrogen and oxygen atoms in total. The van der Waals surface area contributed by atoms with Gasteiger partial charge in [0.25, 0.3) is 5.91 Å². The number of benzene rings is 1. The molecule has 0 saturated heterocycles. The van der Waals surface area contributed by atoms with E-state index in [2.05, 4.69) is 10.3 Å². The monoisotopic (exact) mass is 244 g/mol. The zero-order valence-electron chi connectivity index (χ0n) is 9.30. The second-order valence-corrected chi connectivity index (χ2v) is 3.34. The van der Waals surface area contributed by atoms with E-state index in [0.29, 0.717) is 5.84 Å². The molecule has 1 N–H and O–H groups in total. The predicted octanol–water partition coefficient (Wildman–Crippen LogP) is 2.48. The number of alkyl halides is 3. The van der Waals surface area contributed by atoms with Gasteiger partial charge in [-0.1, -0.05) is 0 Å². The third kappa shape index (κ3) is 3.58. The van der Waals surface area contributed by atoms with Crippen molar-refractivity contribution in [1.29, 1.82) is 0 Å². The van der Waals surface area contributed by atoms with Gasteiger partial charge in [-0.2, -0.15) is 13.2 Å². The van der Waals surface area contributed by atoms with Crippen LogP contribution in [-0.2, 0) is 6.18 Å². The molecule has 1 aromatic rings. The lowest BCUT2D eigenvalue weighted by Crippen LogP contribution is -2.28. The molecule has 0 unspecified atom stereocenters. The second-order valence-electron chi connectivity index (χ2n) is 3.34. The van der Waals surface area contributed by atoms with Gasteiger partial charge < -0.3 is 5.32 Å². The number of hydrogen-bond donors (Lipinski definition) is 1. The van der Waals surface area contributed by atoms with Crippen LogP contribution in [0.1, 0.15) is 22.8 Å². The number of hydrogen-bond acceptors (Lipinski definition) is 2. The van der Waals surface area contributed by atoms with Crippen molar-refractivity contribution in [2.75, 3.05) is 7.05 Å². The average molecular weight is 244 g/mol. The molecule has 0 atom stereocenters. The Hall–Kier alpha value is -1.85. The third-order valence-electron chi connectivity index (χ3n) is 2.10. The molecule has 0 fully saturated rings. The SMILES string of the molecule is CN=C(C)NC(=O)c1ccc(C(F)(F)F)cc1. The van der Waals surface area contributed by atoms with E-state index in [1.165, 1.54) is 7.05 Å². The van der Waals surface area contributed by atoms with Crippen LogP contribution in [0.25, 0.3) is 0 Å². The van der Waals surface area contributed by atoms with E-state index in [9.17, 15) is 18.0 Å². The summed E-state index contributed by atoms with van der Waals surface area (Å²) in [7, 11) is 1.50. The summed E-state index contributed by atoms with van der Waals surface area (Å²) < 4.78 is 36.8. The fourth-order valence-corrected chi connectivity index (χ4v) is 1.10. The summed E-state index contributed by atoms with van der Waals surface area (Å²) in [5, 5.41) is 2.43. The molecule has 92 valence electrons. The highest BCUT2D eigenvalue weighted by molar-refractivity contribution is 6.05. The van der Waals surface area contributed by atoms with Gasteiger partial charge in [-0.3, -0.25) is 9.79 Å². The van der Waals surface area contributed by atoms with Crippen LogP contribution in [0.4, 0.5) is 13.2 Å². The van der Waals surface area contributed by atoms with Gasteiger partial charge >= 0.3 is 6.18 Å². The van der Waals surface area contributed by atoms with Gasteiger partial charge in [0.1, 0.15) is 0 Å². The Morgan fingerprint density at radius 3 is 2.18 bits per heavy atom. The van der Waals surface area contributed by atoms with Crippen LogP contribution in [0.5, 0.6) is 0 Å². The van der Waals surface area contributed by atoms with Crippen molar-refractivity contribution in [3.63, 3.8) is 0 Å². The number of nitrogens with zero attached hydrogens (tertiary/aromatic N) is 1. The van der Waals surface area contributed by atoms with Gasteiger partial charge in [0.05, 0.1) is 11.4 Å². The molecule has 17 heavy (non-hydrogen) atoms. The van der Waals surface area contributed by atoms with Gasteiger partial charge in [0.15, 0.2) is 0 Å². The predicted molar refractivity (Wildman–Crippen MR) is 57.9 cm³/mol. The number of amidine groups is 1. The van der Waals surface area contributed by atoms with Crippen LogP contribution >= 0.6 is 0 Å². The molecule has 0 aliphatic carbocycles. The maximum Gasteiger partial charge on any atom is 0.416 e. The molecule has 0 saturated carbocycles. The number of carbonyl (C=O) groups is 1. The quantitative estimate of drug-likeness (QED) is 0.598. The standard InChI is InChI=1S/C11H11F3N2O/c1-7(15-2)16-10(17)8-3-5-9(6-4-8)11(12,13)14/h3-6H,1-2H3,(H,15,16,17). The minimum Gasteiger partial charge on any atom is -0.311 e. The zero-order chi connectivity index (χ0) is 13.1. The van der Waals surface area contributed by atoms with Crippen LogP contribution in [0, 0.1) is 0 Å².